The number of aryl methyl sites for hydroxylation is 1. The van der Waals surface area contributed by atoms with Crippen molar-refractivity contribution in [3.63, 3.8) is 0 Å². The lowest BCUT2D eigenvalue weighted by atomic mass is 9.89. The molecule has 0 saturated carbocycles. The minimum Gasteiger partial charge on any atom is -0.385 e. The predicted molar refractivity (Wildman–Crippen MR) is 80.6 cm³/mol. The van der Waals surface area contributed by atoms with Gasteiger partial charge >= 0.3 is 0 Å². The molecule has 1 aromatic rings. The number of unbranched alkanes of at least 4 members (excludes halogenated alkanes) is 1. The summed E-state index contributed by atoms with van der Waals surface area (Å²) in [6.07, 6.45) is 3.14. The molecule has 1 rings (SSSR count). The van der Waals surface area contributed by atoms with E-state index in [9.17, 15) is 0 Å². The maximum atomic E-state index is 8.91. The van der Waals surface area contributed by atoms with Gasteiger partial charge in [-0.3, -0.25) is 0 Å². The zero-order valence-electron chi connectivity index (χ0n) is 11.4. The van der Waals surface area contributed by atoms with E-state index in [4.69, 9.17) is 5.26 Å². The summed E-state index contributed by atoms with van der Waals surface area (Å²) in [6, 6.07) is 8.64. The van der Waals surface area contributed by atoms with Crippen LogP contribution in [0, 0.1) is 23.7 Å². The van der Waals surface area contributed by atoms with Gasteiger partial charge in [-0.1, -0.05) is 28.4 Å². The van der Waals surface area contributed by atoms with Crippen molar-refractivity contribution in [2.75, 3.05) is 11.9 Å². The van der Waals surface area contributed by atoms with Gasteiger partial charge in [0.15, 0.2) is 0 Å². The molecule has 18 heavy (non-hydrogen) atoms. The van der Waals surface area contributed by atoms with Crippen LogP contribution < -0.4 is 5.32 Å². The third kappa shape index (κ3) is 5.10. The number of hydrogen-bond acceptors (Lipinski definition) is 2. The van der Waals surface area contributed by atoms with Crippen LogP contribution in [0.3, 0.4) is 0 Å². The SMILES string of the molecule is Cc1ccc(NCCCCC(C)(C)C#N)cc1Br. The fourth-order valence-electron chi connectivity index (χ4n) is 1.68. The second kappa shape index (κ2) is 6.80. The summed E-state index contributed by atoms with van der Waals surface area (Å²) >= 11 is 3.53. The highest BCUT2D eigenvalue weighted by Crippen LogP contribution is 2.22. The molecule has 2 nitrogen and oxygen atoms in total. The second-order valence-electron chi connectivity index (χ2n) is 5.34. The van der Waals surface area contributed by atoms with Crippen LogP contribution in [0.2, 0.25) is 0 Å². The summed E-state index contributed by atoms with van der Waals surface area (Å²) in [4.78, 5) is 0. The van der Waals surface area contributed by atoms with E-state index in [1.165, 1.54) is 5.56 Å². The van der Waals surface area contributed by atoms with Crippen molar-refractivity contribution in [3.05, 3.63) is 28.2 Å². The van der Waals surface area contributed by atoms with Crippen LogP contribution in [0.15, 0.2) is 22.7 Å². The summed E-state index contributed by atoms with van der Waals surface area (Å²) < 4.78 is 1.14. The predicted octanol–water partition coefficient (Wildman–Crippen LogP) is 4.89. The molecule has 0 radical (unpaired) electrons. The molecule has 1 N–H and O–H groups in total. The maximum Gasteiger partial charge on any atom is 0.0683 e. The van der Waals surface area contributed by atoms with Gasteiger partial charge in [-0.2, -0.15) is 5.26 Å². The third-order valence-electron chi connectivity index (χ3n) is 3.03. The Balaban J connectivity index is 2.26. The van der Waals surface area contributed by atoms with E-state index in [-0.39, 0.29) is 5.41 Å². The zero-order valence-corrected chi connectivity index (χ0v) is 13.0. The van der Waals surface area contributed by atoms with E-state index in [0.29, 0.717) is 0 Å². The highest BCUT2D eigenvalue weighted by atomic mass is 79.9. The van der Waals surface area contributed by atoms with Gasteiger partial charge in [-0.05, 0) is 51.3 Å². The fraction of sp³-hybridized carbons (Fsp3) is 0.533. The summed E-state index contributed by atoms with van der Waals surface area (Å²) in [6.45, 7) is 7.03. The highest BCUT2D eigenvalue weighted by Gasteiger charge is 2.15. The zero-order chi connectivity index (χ0) is 13.6. The van der Waals surface area contributed by atoms with Gasteiger partial charge in [0.05, 0.1) is 11.5 Å². The molecule has 0 spiro atoms. The molecule has 0 heterocycles. The molecule has 0 bridgehead atoms. The quantitative estimate of drug-likeness (QED) is 0.759. The van der Waals surface area contributed by atoms with E-state index in [1.54, 1.807) is 0 Å². The molecule has 0 amide bonds. The van der Waals surface area contributed by atoms with Crippen molar-refractivity contribution in [1.82, 2.24) is 0 Å². The Hall–Kier alpha value is -1.01. The van der Waals surface area contributed by atoms with Crippen LogP contribution in [0.4, 0.5) is 5.69 Å². The van der Waals surface area contributed by atoms with Crippen molar-refractivity contribution in [2.24, 2.45) is 5.41 Å². The van der Waals surface area contributed by atoms with Gasteiger partial charge in [0, 0.05) is 16.7 Å². The number of nitrogens with zero attached hydrogens (tertiary/aromatic N) is 1. The molecule has 0 aliphatic carbocycles. The van der Waals surface area contributed by atoms with E-state index in [1.807, 2.05) is 13.8 Å². The molecule has 0 fully saturated rings. The molecule has 98 valence electrons. The van der Waals surface area contributed by atoms with Crippen LogP contribution in [-0.4, -0.2) is 6.54 Å². The molecule has 0 unspecified atom stereocenters. The molecule has 1 aromatic carbocycles. The van der Waals surface area contributed by atoms with E-state index < -0.39 is 0 Å². The standard InChI is InChI=1S/C15H21BrN2/c1-12-6-7-13(10-14(12)16)18-9-5-4-8-15(2,3)11-17/h6-7,10,18H,4-5,8-9H2,1-3H3. The minimum atomic E-state index is -0.188. The first-order valence-corrected chi connectivity index (χ1v) is 7.15. The Morgan fingerprint density at radius 3 is 2.67 bits per heavy atom. The average Bonchev–Trinajstić information content (AvgIpc) is 2.33. The molecule has 0 saturated heterocycles. The van der Waals surface area contributed by atoms with Crippen molar-refractivity contribution in [3.8, 4) is 6.07 Å². The highest BCUT2D eigenvalue weighted by molar-refractivity contribution is 9.10. The van der Waals surface area contributed by atoms with Gasteiger partial charge < -0.3 is 5.32 Å². The van der Waals surface area contributed by atoms with Crippen molar-refractivity contribution >= 4 is 21.6 Å². The fourth-order valence-corrected chi connectivity index (χ4v) is 2.06. The first kappa shape index (κ1) is 15.0. The molecular weight excluding hydrogens is 288 g/mol. The van der Waals surface area contributed by atoms with E-state index >= 15 is 0 Å². The van der Waals surface area contributed by atoms with Crippen molar-refractivity contribution in [1.29, 1.82) is 5.26 Å². The summed E-state index contributed by atoms with van der Waals surface area (Å²) in [5.41, 5.74) is 2.20. The molecule has 3 heteroatoms. The smallest absolute Gasteiger partial charge is 0.0683 e. The van der Waals surface area contributed by atoms with Crippen LogP contribution >= 0.6 is 15.9 Å². The van der Waals surface area contributed by atoms with Gasteiger partial charge in [0.2, 0.25) is 0 Å². The first-order chi connectivity index (χ1) is 8.44. The number of anilines is 1. The Morgan fingerprint density at radius 1 is 1.33 bits per heavy atom. The van der Waals surface area contributed by atoms with E-state index in [2.05, 4.69) is 52.4 Å². The van der Waals surface area contributed by atoms with E-state index in [0.717, 1.165) is 36.0 Å². The number of nitrogens with one attached hydrogen (secondary N) is 1. The van der Waals surface area contributed by atoms with Gasteiger partial charge in [0.25, 0.3) is 0 Å². The monoisotopic (exact) mass is 308 g/mol. The Labute approximate surface area is 119 Å². The Bertz CT molecular complexity index is 433. The normalized spacial score (nSPS) is 11.1. The average molecular weight is 309 g/mol. The number of hydrogen-bond donors (Lipinski definition) is 1. The number of halogens is 1. The second-order valence-corrected chi connectivity index (χ2v) is 6.20. The minimum absolute atomic E-state index is 0.188. The summed E-state index contributed by atoms with van der Waals surface area (Å²) in [5.74, 6) is 0. The van der Waals surface area contributed by atoms with Gasteiger partial charge in [-0.15, -0.1) is 0 Å². The molecule has 0 atom stereocenters. The first-order valence-electron chi connectivity index (χ1n) is 6.36. The lowest BCUT2D eigenvalue weighted by Crippen LogP contribution is -2.09. The van der Waals surface area contributed by atoms with Crippen LogP contribution in [-0.2, 0) is 0 Å². The Morgan fingerprint density at radius 2 is 2.06 bits per heavy atom. The Kier molecular flexibility index (Phi) is 5.68. The molecule has 0 aliphatic rings. The molecular formula is C15H21BrN2. The third-order valence-corrected chi connectivity index (χ3v) is 3.89. The number of benzene rings is 1. The molecule has 0 aromatic heterocycles. The van der Waals surface area contributed by atoms with Crippen molar-refractivity contribution < 1.29 is 0 Å². The summed E-state index contributed by atoms with van der Waals surface area (Å²) in [7, 11) is 0. The van der Waals surface area contributed by atoms with Gasteiger partial charge in [-0.25, -0.2) is 0 Å². The van der Waals surface area contributed by atoms with Crippen molar-refractivity contribution in [2.45, 2.75) is 40.0 Å². The number of nitriles is 1. The van der Waals surface area contributed by atoms with Crippen LogP contribution in [0.5, 0.6) is 0 Å². The lowest BCUT2D eigenvalue weighted by Gasteiger charge is -2.14. The molecule has 0 aliphatic heterocycles. The van der Waals surface area contributed by atoms with Crippen LogP contribution in [0.1, 0.15) is 38.7 Å². The van der Waals surface area contributed by atoms with Crippen LogP contribution in [0.25, 0.3) is 0 Å². The summed E-state index contributed by atoms with van der Waals surface area (Å²) in [5, 5.41) is 12.3. The van der Waals surface area contributed by atoms with Gasteiger partial charge in [0.1, 0.15) is 0 Å². The largest absolute Gasteiger partial charge is 0.385 e. The number of rotatable bonds is 6. The maximum absolute atomic E-state index is 8.91. The lowest BCUT2D eigenvalue weighted by molar-refractivity contribution is 0.430. The topological polar surface area (TPSA) is 35.8 Å².